The Morgan fingerprint density at radius 2 is 2.24 bits per heavy atom. The van der Waals surface area contributed by atoms with Gasteiger partial charge in [0, 0.05) is 0 Å². The summed E-state index contributed by atoms with van der Waals surface area (Å²) in [6.07, 6.45) is 0.328. The third kappa shape index (κ3) is 3.07. The molecule has 0 fully saturated rings. The number of hydrogen-bond donors (Lipinski definition) is 2. The number of carbonyl (C=O) groups excluding carboxylic acids is 1. The third-order valence-electron chi connectivity index (χ3n) is 2.82. The van der Waals surface area contributed by atoms with Crippen LogP contribution in [0.2, 0.25) is 0 Å². The van der Waals surface area contributed by atoms with Gasteiger partial charge in [-0.25, -0.2) is 4.79 Å². The van der Waals surface area contributed by atoms with E-state index in [0.717, 1.165) is 5.56 Å². The molecule has 21 heavy (non-hydrogen) atoms. The topological polar surface area (TPSA) is 128 Å². The van der Waals surface area contributed by atoms with E-state index in [2.05, 4.69) is 25.2 Å². The van der Waals surface area contributed by atoms with Crippen molar-refractivity contribution in [1.82, 2.24) is 19.8 Å². The van der Waals surface area contributed by atoms with Crippen LogP contribution in [0.4, 0.5) is 4.79 Å². The molecule has 0 aromatic carbocycles. The molecule has 0 radical (unpaired) electrons. The first kappa shape index (κ1) is 14.7. The van der Waals surface area contributed by atoms with Gasteiger partial charge in [0.05, 0.1) is 6.21 Å². The van der Waals surface area contributed by atoms with Crippen molar-refractivity contribution in [2.45, 2.75) is 32.8 Å². The van der Waals surface area contributed by atoms with Crippen LogP contribution in [0.3, 0.4) is 0 Å². The summed E-state index contributed by atoms with van der Waals surface area (Å²) in [6.45, 7) is 5.86. The molecular weight excluding hydrogens is 276 g/mol. The molecule has 9 heteroatoms. The first-order valence-electron chi connectivity index (χ1n) is 6.18. The molecule has 2 rings (SSSR count). The van der Waals surface area contributed by atoms with Gasteiger partial charge in [-0.3, -0.25) is 0 Å². The number of nitrogens with zero attached hydrogens (tertiary/aromatic N) is 5. The van der Waals surface area contributed by atoms with Crippen molar-refractivity contribution >= 4 is 18.0 Å². The molecule has 2 aromatic heterocycles. The Balaban J connectivity index is 2.55. The molecule has 0 saturated carbocycles. The van der Waals surface area contributed by atoms with Gasteiger partial charge in [0.15, 0.2) is 18.1 Å². The molecule has 0 saturated heterocycles. The Kier molecular flexibility index (Phi) is 3.74. The van der Waals surface area contributed by atoms with Crippen LogP contribution in [0, 0.1) is 0 Å². The van der Waals surface area contributed by atoms with Gasteiger partial charge in [-0.15, -0.1) is 10.2 Å². The van der Waals surface area contributed by atoms with Crippen molar-refractivity contribution in [3.63, 3.8) is 0 Å². The molecule has 0 unspecified atom stereocenters. The quantitative estimate of drug-likeness (QED) is 0.489. The number of hydrogen-bond acceptors (Lipinski definition) is 7. The fourth-order valence-corrected chi connectivity index (χ4v) is 1.87. The first-order chi connectivity index (χ1) is 9.82. The zero-order valence-corrected chi connectivity index (χ0v) is 11.9. The van der Waals surface area contributed by atoms with Gasteiger partial charge in [0.25, 0.3) is 0 Å². The van der Waals surface area contributed by atoms with E-state index >= 15 is 0 Å². The SMILES string of the molecule is CC(C)(C)c1cc2nnc(COC(N)=O)n2nc1/C=N/O. The van der Waals surface area contributed by atoms with Crippen LogP contribution in [0.15, 0.2) is 11.2 Å². The van der Waals surface area contributed by atoms with Crippen LogP contribution in [0.5, 0.6) is 0 Å². The highest BCUT2D eigenvalue weighted by Crippen LogP contribution is 2.25. The van der Waals surface area contributed by atoms with E-state index in [1.807, 2.05) is 20.8 Å². The predicted molar refractivity (Wildman–Crippen MR) is 73.2 cm³/mol. The zero-order chi connectivity index (χ0) is 15.6. The lowest BCUT2D eigenvalue weighted by Crippen LogP contribution is -2.18. The Morgan fingerprint density at radius 3 is 2.81 bits per heavy atom. The predicted octanol–water partition coefficient (Wildman–Crippen LogP) is 0.825. The third-order valence-corrected chi connectivity index (χ3v) is 2.82. The molecule has 0 aliphatic heterocycles. The summed E-state index contributed by atoms with van der Waals surface area (Å²) in [6, 6.07) is 1.80. The standard InChI is InChI=1S/C12H16N6O3/c1-12(2,3)7-4-9-15-16-10(6-21-11(13)19)18(9)17-8(7)5-14-20/h4-5,20H,6H2,1-3H3,(H2,13,19)/b14-5+. The number of ether oxygens (including phenoxy) is 1. The van der Waals surface area contributed by atoms with Gasteiger partial charge < -0.3 is 15.7 Å². The number of rotatable bonds is 3. The monoisotopic (exact) mass is 292 g/mol. The molecule has 112 valence electrons. The Bertz CT molecular complexity index is 701. The van der Waals surface area contributed by atoms with E-state index in [0.29, 0.717) is 17.2 Å². The van der Waals surface area contributed by atoms with Crippen molar-refractivity contribution in [2.24, 2.45) is 10.9 Å². The van der Waals surface area contributed by atoms with Gasteiger partial charge in [0.1, 0.15) is 5.69 Å². The second-order valence-corrected chi connectivity index (χ2v) is 5.43. The molecule has 2 aromatic rings. The fourth-order valence-electron chi connectivity index (χ4n) is 1.87. The minimum atomic E-state index is -0.907. The van der Waals surface area contributed by atoms with Crippen molar-refractivity contribution in [3.8, 4) is 0 Å². The van der Waals surface area contributed by atoms with Crippen LogP contribution >= 0.6 is 0 Å². The van der Waals surface area contributed by atoms with E-state index in [1.54, 1.807) is 6.07 Å². The summed E-state index contributed by atoms with van der Waals surface area (Å²) in [7, 11) is 0. The Morgan fingerprint density at radius 1 is 1.52 bits per heavy atom. The number of amides is 1. The molecule has 9 nitrogen and oxygen atoms in total. The van der Waals surface area contributed by atoms with Crippen LogP contribution < -0.4 is 5.73 Å². The van der Waals surface area contributed by atoms with E-state index in [4.69, 9.17) is 10.9 Å². The van der Waals surface area contributed by atoms with Crippen LogP contribution in [0.25, 0.3) is 5.65 Å². The van der Waals surface area contributed by atoms with Crippen LogP contribution in [-0.4, -0.2) is 37.3 Å². The number of oxime groups is 1. The molecule has 2 heterocycles. The van der Waals surface area contributed by atoms with Gasteiger partial charge in [0.2, 0.25) is 0 Å². The molecular formula is C12H16N6O3. The van der Waals surface area contributed by atoms with Gasteiger partial charge in [-0.1, -0.05) is 25.9 Å². The highest BCUT2D eigenvalue weighted by atomic mass is 16.5. The fraction of sp³-hybridized carbons (Fsp3) is 0.417. The van der Waals surface area contributed by atoms with Gasteiger partial charge in [-0.2, -0.15) is 9.61 Å². The molecule has 3 N–H and O–H groups in total. The zero-order valence-electron chi connectivity index (χ0n) is 11.9. The average Bonchev–Trinajstić information content (AvgIpc) is 2.77. The second kappa shape index (κ2) is 5.35. The number of aromatic nitrogens is 4. The average molecular weight is 292 g/mol. The maximum atomic E-state index is 10.7. The summed E-state index contributed by atoms with van der Waals surface area (Å²) < 4.78 is 6.10. The Hall–Kier alpha value is -2.71. The van der Waals surface area contributed by atoms with Crippen molar-refractivity contribution < 1.29 is 14.7 Å². The van der Waals surface area contributed by atoms with E-state index in [1.165, 1.54) is 10.7 Å². The van der Waals surface area contributed by atoms with Crippen LogP contribution in [-0.2, 0) is 16.8 Å². The number of primary amides is 1. The normalized spacial score (nSPS) is 12.1. The smallest absolute Gasteiger partial charge is 0.404 e. The largest absolute Gasteiger partial charge is 0.441 e. The first-order valence-corrected chi connectivity index (χ1v) is 6.18. The van der Waals surface area contributed by atoms with E-state index < -0.39 is 6.09 Å². The maximum absolute atomic E-state index is 10.7. The second-order valence-electron chi connectivity index (χ2n) is 5.43. The molecule has 0 bridgehead atoms. The van der Waals surface area contributed by atoms with Crippen LogP contribution in [0.1, 0.15) is 37.9 Å². The lowest BCUT2D eigenvalue weighted by atomic mass is 9.86. The minimum absolute atomic E-state index is 0.145. The maximum Gasteiger partial charge on any atom is 0.404 e. The van der Waals surface area contributed by atoms with Gasteiger partial charge >= 0.3 is 6.09 Å². The number of fused-ring (bicyclic) bond motifs is 1. The lowest BCUT2D eigenvalue weighted by Gasteiger charge is -2.20. The summed E-state index contributed by atoms with van der Waals surface area (Å²) in [4.78, 5) is 10.7. The molecule has 0 atom stereocenters. The summed E-state index contributed by atoms with van der Waals surface area (Å²) in [5, 5.41) is 24.0. The van der Waals surface area contributed by atoms with E-state index in [-0.39, 0.29) is 12.0 Å². The van der Waals surface area contributed by atoms with E-state index in [9.17, 15) is 4.79 Å². The molecule has 0 aliphatic carbocycles. The highest BCUT2D eigenvalue weighted by Gasteiger charge is 2.21. The molecule has 1 amide bonds. The summed E-state index contributed by atoms with van der Waals surface area (Å²) >= 11 is 0. The lowest BCUT2D eigenvalue weighted by molar-refractivity contribution is 0.146. The molecule has 0 aliphatic rings. The van der Waals surface area contributed by atoms with Crippen molar-refractivity contribution in [1.29, 1.82) is 0 Å². The number of carbonyl (C=O) groups is 1. The summed E-state index contributed by atoms with van der Waals surface area (Å²) in [5.74, 6) is 0.317. The highest BCUT2D eigenvalue weighted by molar-refractivity contribution is 5.79. The van der Waals surface area contributed by atoms with Crippen molar-refractivity contribution in [2.75, 3.05) is 0 Å². The van der Waals surface area contributed by atoms with Gasteiger partial charge in [-0.05, 0) is 17.0 Å². The number of nitrogens with two attached hydrogens (primary N) is 1. The summed E-state index contributed by atoms with van der Waals surface area (Å²) in [5.41, 5.74) is 6.52. The molecule has 0 spiro atoms. The Labute approximate surface area is 120 Å². The minimum Gasteiger partial charge on any atom is -0.441 e. The van der Waals surface area contributed by atoms with Crippen molar-refractivity contribution in [3.05, 3.63) is 23.1 Å².